The van der Waals surface area contributed by atoms with Crippen LogP contribution in [0.4, 0.5) is 0 Å². The number of aromatic nitrogens is 3. The minimum Gasteiger partial charge on any atom is -0.464 e. The Bertz CT molecular complexity index is 1090. The molecule has 3 heterocycles. The Morgan fingerprint density at radius 2 is 2.03 bits per heavy atom. The molecule has 0 N–H and O–H groups in total. The van der Waals surface area contributed by atoms with Gasteiger partial charge in [0.15, 0.2) is 11.2 Å². The number of esters is 1. The van der Waals surface area contributed by atoms with E-state index in [0.29, 0.717) is 11.1 Å². The van der Waals surface area contributed by atoms with Crippen LogP contribution >= 0.6 is 0 Å². The first-order valence-electron chi connectivity index (χ1n) is 9.42. The van der Waals surface area contributed by atoms with Crippen molar-refractivity contribution in [3.8, 4) is 0 Å². The van der Waals surface area contributed by atoms with Crippen molar-refractivity contribution in [1.29, 1.82) is 0 Å². The molecule has 1 aliphatic rings. The van der Waals surface area contributed by atoms with Gasteiger partial charge < -0.3 is 14.2 Å². The van der Waals surface area contributed by atoms with Crippen LogP contribution in [0.1, 0.15) is 27.9 Å². The van der Waals surface area contributed by atoms with Crippen LogP contribution in [0.15, 0.2) is 39.6 Å². The van der Waals surface area contributed by atoms with Crippen molar-refractivity contribution in [2.75, 3.05) is 33.8 Å². The fourth-order valence-corrected chi connectivity index (χ4v) is 3.76. The highest BCUT2D eigenvalue weighted by molar-refractivity contribution is 6.01. The molecule has 4 rings (SSSR count). The summed E-state index contributed by atoms with van der Waals surface area (Å²) >= 11 is 0. The van der Waals surface area contributed by atoms with Crippen molar-refractivity contribution in [3.63, 3.8) is 0 Å². The van der Waals surface area contributed by atoms with Crippen LogP contribution in [-0.2, 0) is 11.4 Å². The van der Waals surface area contributed by atoms with Crippen LogP contribution in [0.2, 0.25) is 0 Å². The standard InChI is InChI=1S/C20H23N5O4/c1-13-16-17(22-29-13)19(26)25(21-18(16)20(27)28-3)12-24-10-9-23(2)11-15(24)14-7-5-4-6-8-14/h4-8,15H,9-12H2,1-3H3/t15-/m1/s1. The summed E-state index contributed by atoms with van der Waals surface area (Å²) in [5.41, 5.74) is 0.892. The third-order valence-electron chi connectivity index (χ3n) is 5.33. The number of carbonyl (C=O) groups excluding carboxylic acids is 1. The summed E-state index contributed by atoms with van der Waals surface area (Å²) in [5, 5.41) is 8.48. The van der Waals surface area contributed by atoms with Crippen LogP contribution in [0.5, 0.6) is 0 Å². The monoisotopic (exact) mass is 397 g/mol. The van der Waals surface area contributed by atoms with E-state index in [2.05, 4.69) is 39.2 Å². The normalized spacial score (nSPS) is 18.2. The van der Waals surface area contributed by atoms with Crippen molar-refractivity contribution in [1.82, 2.24) is 24.7 Å². The third kappa shape index (κ3) is 3.54. The maximum atomic E-state index is 13.0. The van der Waals surface area contributed by atoms with E-state index in [-0.39, 0.29) is 23.9 Å². The highest BCUT2D eigenvalue weighted by Gasteiger charge is 2.29. The Morgan fingerprint density at radius 3 is 2.76 bits per heavy atom. The summed E-state index contributed by atoms with van der Waals surface area (Å²) in [7, 11) is 3.36. The molecule has 3 aromatic rings. The average Bonchev–Trinajstić information content (AvgIpc) is 3.13. The molecular formula is C20H23N5O4. The maximum absolute atomic E-state index is 13.0. The smallest absolute Gasteiger partial charge is 0.359 e. The quantitative estimate of drug-likeness (QED) is 0.611. The van der Waals surface area contributed by atoms with Gasteiger partial charge in [0.05, 0.1) is 19.2 Å². The van der Waals surface area contributed by atoms with Gasteiger partial charge in [-0.05, 0) is 19.5 Å². The zero-order valence-electron chi connectivity index (χ0n) is 16.7. The summed E-state index contributed by atoms with van der Waals surface area (Å²) in [6, 6.07) is 10.3. The van der Waals surface area contributed by atoms with Gasteiger partial charge in [0.1, 0.15) is 5.76 Å². The second-order valence-electron chi connectivity index (χ2n) is 7.25. The Morgan fingerprint density at radius 1 is 1.28 bits per heavy atom. The fraction of sp³-hybridized carbons (Fsp3) is 0.400. The fourth-order valence-electron chi connectivity index (χ4n) is 3.76. The molecule has 1 aromatic carbocycles. The number of carbonyl (C=O) groups is 1. The number of piperazine rings is 1. The number of rotatable bonds is 4. The highest BCUT2D eigenvalue weighted by atomic mass is 16.5. The Labute approximate surface area is 167 Å². The predicted octanol–water partition coefficient (Wildman–Crippen LogP) is 1.43. The lowest BCUT2D eigenvalue weighted by molar-refractivity contribution is 0.0538. The Balaban J connectivity index is 1.75. The zero-order valence-corrected chi connectivity index (χ0v) is 16.7. The summed E-state index contributed by atoms with van der Waals surface area (Å²) in [6.07, 6.45) is 0. The van der Waals surface area contributed by atoms with Crippen molar-refractivity contribution >= 4 is 16.9 Å². The molecule has 1 atom stereocenters. The first-order valence-corrected chi connectivity index (χ1v) is 9.42. The summed E-state index contributed by atoms with van der Waals surface area (Å²) < 4.78 is 11.3. The number of hydrogen-bond acceptors (Lipinski definition) is 8. The molecule has 0 bridgehead atoms. The van der Waals surface area contributed by atoms with E-state index >= 15 is 0 Å². The topological polar surface area (TPSA) is 93.7 Å². The van der Waals surface area contributed by atoms with Crippen molar-refractivity contribution in [2.24, 2.45) is 0 Å². The number of likely N-dealkylation sites (N-methyl/N-ethyl adjacent to an activating group) is 1. The number of methoxy groups -OCH3 is 1. The minimum absolute atomic E-state index is 0.0336. The summed E-state index contributed by atoms with van der Waals surface area (Å²) in [5.74, 6) is -0.271. The molecule has 9 heteroatoms. The Hall–Kier alpha value is -3.04. The largest absolute Gasteiger partial charge is 0.464 e. The number of nitrogens with zero attached hydrogens (tertiary/aromatic N) is 5. The van der Waals surface area contributed by atoms with E-state index in [4.69, 9.17) is 9.26 Å². The predicted molar refractivity (Wildman–Crippen MR) is 106 cm³/mol. The number of aryl methyl sites for hydroxylation is 1. The molecule has 9 nitrogen and oxygen atoms in total. The lowest BCUT2D eigenvalue weighted by Gasteiger charge is -2.40. The first kappa shape index (κ1) is 19.3. The van der Waals surface area contributed by atoms with E-state index in [1.165, 1.54) is 17.4 Å². The molecule has 152 valence electrons. The second kappa shape index (κ2) is 7.76. The van der Waals surface area contributed by atoms with E-state index < -0.39 is 11.5 Å². The Kier molecular flexibility index (Phi) is 5.16. The van der Waals surface area contributed by atoms with Crippen LogP contribution in [-0.4, -0.2) is 64.5 Å². The van der Waals surface area contributed by atoms with Gasteiger partial charge in [0.2, 0.25) is 0 Å². The van der Waals surface area contributed by atoms with Gasteiger partial charge in [0.25, 0.3) is 5.56 Å². The molecule has 0 aliphatic carbocycles. The lowest BCUT2D eigenvalue weighted by atomic mass is 10.0. The van der Waals surface area contributed by atoms with Crippen molar-refractivity contribution in [3.05, 3.63) is 57.7 Å². The number of benzene rings is 1. The van der Waals surface area contributed by atoms with Gasteiger partial charge in [-0.15, -0.1) is 0 Å². The van der Waals surface area contributed by atoms with E-state index in [9.17, 15) is 9.59 Å². The molecule has 0 radical (unpaired) electrons. The number of fused-ring (bicyclic) bond motifs is 1. The molecule has 0 amide bonds. The maximum Gasteiger partial charge on any atom is 0.359 e. The van der Waals surface area contributed by atoms with Crippen LogP contribution in [0.25, 0.3) is 10.9 Å². The lowest BCUT2D eigenvalue weighted by Crippen LogP contribution is -2.48. The number of hydrogen-bond donors (Lipinski definition) is 0. The first-order chi connectivity index (χ1) is 14.0. The number of ether oxygens (including phenoxy) is 1. The van der Waals surface area contributed by atoms with Crippen molar-refractivity contribution in [2.45, 2.75) is 19.6 Å². The third-order valence-corrected chi connectivity index (χ3v) is 5.33. The van der Waals surface area contributed by atoms with Crippen LogP contribution in [0, 0.1) is 6.92 Å². The van der Waals surface area contributed by atoms with Gasteiger partial charge >= 0.3 is 5.97 Å². The molecule has 0 spiro atoms. The molecule has 0 unspecified atom stereocenters. The van der Waals surface area contributed by atoms with E-state index in [1.54, 1.807) is 6.92 Å². The SMILES string of the molecule is COC(=O)c1nn(CN2CCN(C)C[C@@H]2c2ccccc2)c(=O)c2noc(C)c12. The highest BCUT2D eigenvalue weighted by Crippen LogP contribution is 2.25. The van der Waals surface area contributed by atoms with Gasteiger partial charge in [-0.25, -0.2) is 9.48 Å². The molecule has 1 aliphatic heterocycles. The van der Waals surface area contributed by atoms with Crippen LogP contribution in [0.3, 0.4) is 0 Å². The molecule has 0 saturated carbocycles. The molecule has 29 heavy (non-hydrogen) atoms. The van der Waals surface area contributed by atoms with Gasteiger partial charge in [0, 0.05) is 25.7 Å². The average molecular weight is 397 g/mol. The van der Waals surface area contributed by atoms with E-state index in [0.717, 1.165) is 19.6 Å². The second-order valence-corrected chi connectivity index (χ2v) is 7.25. The van der Waals surface area contributed by atoms with Crippen molar-refractivity contribution < 1.29 is 14.1 Å². The molecular weight excluding hydrogens is 374 g/mol. The molecule has 1 saturated heterocycles. The molecule has 1 fully saturated rings. The summed E-state index contributed by atoms with van der Waals surface area (Å²) in [6.45, 7) is 4.33. The van der Waals surface area contributed by atoms with Gasteiger partial charge in [-0.3, -0.25) is 9.69 Å². The van der Waals surface area contributed by atoms with E-state index in [1.807, 2.05) is 18.2 Å². The molecule has 2 aromatic heterocycles. The summed E-state index contributed by atoms with van der Waals surface area (Å²) in [4.78, 5) is 29.7. The minimum atomic E-state index is -0.631. The van der Waals surface area contributed by atoms with Gasteiger partial charge in [-0.1, -0.05) is 35.5 Å². The van der Waals surface area contributed by atoms with Gasteiger partial charge in [-0.2, -0.15) is 5.10 Å². The zero-order chi connectivity index (χ0) is 20.5. The van der Waals surface area contributed by atoms with Crippen LogP contribution < -0.4 is 5.56 Å².